The Morgan fingerprint density at radius 2 is 2.00 bits per heavy atom. The van der Waals surface area contributed by atoms with E-state index in [4.69, 9.17) is 4.98 Å². The van der Waals surface area contributed by atoms with Gasteiger partial charge in [-0.25, -0.2) is 9.67 Å². The van der Waals surface area contributed by atoms with Crippen molar-refractivity contribution in [3.05, 3.63) is 53.6 Å². The summed E-state index contributed by atoms with van der Waals surface area (Å²) >= 11 is 0. The van der Waals surface area contributed by atoms with Crippen molar-refractivity contribution in [2.24, 2.45) is 0 Å². The van der Waals surface area contributed by atoms with E-state index in [2.05, 4.69) is 39.0 Å². The lowest BCUT2D eigenvalue weighted by Gasteiger charge is -2.12. The Bertz CT molecular complexity index is 1380. The third-order valence-electron chi connectivity index (χ3n) is 6.80. The number of benzene rings is 1. The summed E-state index contributed by atoms with van der Waals surface area (Å²) in [6, 6.07) is 10.0. The number of fused-ring (bicyclic) bond motifs is 2. The lowest BCUT2D eigenvalue weighted by molar-refractivity contribution is 0.102. The van der Waals surface area contributed by atoms with Gasteiger partial charge in [0.05, 0.1) is 17.1 Å². The molecule has 3 aromatic heterocycles. The van der Waals surface area contributed by atoms with E-state index >= 15 is 0 Å². The highest BCUT2D eigenvalue weighted by atomic mass is 16.1. The van der Waals surface area contributed by atoms with Gasteiger partial charge in [0.25, 0.3) is 5.91 Å². The maximum atomic E-state index is 13.5. The Morgan fingerprint density at radius 1 is 1.12 bits per heavy atom. The second kappa shape index (κ2) is 8.34. The molecule has 4 heterocycles. The normalized spacial score (nSPS) is 16.0. The smallest absolute Gasteiger partial charge is 0.256 e. The van der Waals surface area contributed by atoms with Crippen LogP contribution in [0.3, 0.4) is 0 Å². The van der Waals surface area contributed by atoms with Crippen LogP contribution in [-0.2, 0) is 13.0 Å². The number of amides is 1. The Labute approximate surface area is 198 Å². The van der Waals surface area contributed by atoms with Crippen LogP contribution in [0.25, 0.3) is 22.4 Å². The van der Waals surface area contributed by atoms with Gasteiger partial charge in [0.2, 0.25) is 0 Å². The van der Waals surface area contributed by atoms with Crippen molar-refractivity contribution in [3.63, 3.8) is 0 Å². The predicted molar refractivity (Wildman–Crippen MR) is 131 cm³/mol. The SMILES string of the molecule is CC(C)n1ncc2c(C(=O)Nc3cccc(-c4nnc5n4CCCCC5)c3)cc(C3CC3)nc21. The molecule has 1 aliphatic carbocycles. The number of pyridine rings is 1. The average Bonchev–Trinajstić information content (AvgIpc) is 3.54. The van der Waals surface area contributed by atoms with E-state index in [1.807, 2.05) is 35.0 Å². The van der Waals surface area contributed by atoms with Gasteiger partial charge < -0.3 is 9.88 Å². The van der Waals surface area contributed by atoms with Crippen molar-refractivity contribution in [2.75, 3.05) is 5.32 Å². The maximum Gasteiger partial charge on any atom is 0.256 e. The van der Waals surface area contributed by atoms with Crippen LogP contribution in [0, 0.1) is 0 Å². The monoisotopic (exact) mass is 455 g/mol. The standard InChI is InChI=1S/C26H29N7O/c1-16(2)33-25-21(15-27-33)20(14-22(29-25)17-10-11-17)26(34)28-19-8-6-7-18(13-19)24-31-30-23-9-4-3-5-12-32(23)24/h6-8,13-17H,3-5,9-12H2,1-2H3,(H,28,34). The zero-order valence-corrected chi connectivity index (χ0v) is 19.7. The number of carbonyl (C=O) groups is 1. The molecule has 8 nitrogen and oxygen atoms in total. The van der Waals surface area contributed by atoms with Crippen LogP contribution in [0.15, 0.2) is 36.5 Å². The third-order valence-corrected chi connectivity index (χ3v) is 6.80. The predicted octanol–water partition coefficient (Wildman–Crippen LogP) is 5.13. The van der Waals surface area contributed by atoms with E-state index in [1.165, 1.54) is 6.42 Å². The minimum Gasteiger partial charge on any atom is -0.322 e. The number of aryl methyl sites for hydroxylation is 1. The molecular formula is C26H29N7O. The molecule has 0 spiro atoms. The fourth-order valence-corrected chi connectivity index (χ4v) is 4.82. The summed E-state index contributed by atoms with van der Waals surface area (Å²) in [5.41, 5.74) is 4.09. The highest BCUT2D eigenvalue weighted by Gasteiger charge is 2.28. The van der Waals surface area contributed by atoms with E-state index in [1.54, 1.807) is 6.20 Å². The second-order valence-corrected chi connectivity index (χ2v) is 9.73. The van der Waals surface area contributed by atoms with Crippen LogP contribution < -0.4 is 5.32 Å². The third kappa shape index (κ3) is 3.77. The van der Waals surface area contributed by atoms with Gasteiger partial charge >= 0.3 is 0 Å². The molecule has 6 rings (SSSR count). The molecule has 0 saturated heterocycles. The first kappa shape index (κ1) is 21.0. The quantitative estimate of drug-likeness (QED) is 0.451. The summed E-state index contributed by atoms with van der Waals surface area (Å²) in [6.45, 7) is 5.09. The largest absolute Gasteiger partial charge is 0.322 e. The summed E-state index contributed by atoms with van der Waals surface area (Å²) < 4.78 is 4.12. The highest BCUT2D eigenvalue weighted by Crippen LogP contribution is 2.40. The fraction of sp³-hybridized carbons (Fsp3) is 0.423. The van der Waals surface area contributed by atoms with E-state index < -0.39 is 0 Å². The van der Waals surface area contributed by atoms with Crippen LogP contribution in [0.5, 0.6) is 0 Å². The van der Waals surface area contributed by atoms with Crippen molar-refractivity contribution >= 4 is 22.6 Å². The first-order valence-electron chi connectivity index (χ1n) is 12.3. The number of nitrogens with zero attached hydrogens (tertiary/aromatic N) is 6. The molecular weight excluding hydrogens is 426 g/mol. The maximum absolute atomic E-state index is 13.5. The van der Waals surface area contributed by atoms with Crippen molar-refractivity contribution in [1.29, 1.82) is 0 Å². The van der Waals surface area contributed by atoms with Crippen molar-refractivity contribution in [2.45, 2.75) is 70.9 Å². The first-order valence-corrected chi connectivity index (χ1v) is 12.3. The van der Waals surface area contributed by atoms with E-state index in [-0.39, 0.29) is 11.9 Å². The highest BCUT2D eigenvalue weighted by molar-refractivity contribution is 6.12. The molecule has 8 heteroatoms. The van der Waals surface area contributed by atoms with Gasteiger partial charge in [0.15, 0.2) is 11.5 Å². The molecule has 0 unspecified atom stereocenters. The summed E-state index contributed by atoms with van der Waals surface area (Å²) in [6.07, 6.45) is 8.49. The number of rotatable bonds is 5. The number of hydrogen-bond acceptors (Lipinski definition) is 5. The van der Waals surface area contributed by atoms with Gasteiger partial charge in [-0.15, -0.1) is 10.2 Å². The Kier molecular flexibility index (Phi) is 5.16. The molecule has 4 aromatic rings. The van der Waals surface area contributed by atoms with E-state index in [9.17, 15) is 4.79 Å². The number of aromatic nitrogens is 6. The molecule has 0 bridgehead atoms. The van der Waals surface area contributed by atoms with Crippen LogP contribution in [0.2, 0.25) is 0 Å². The second-order valence-electron chi connectivity index (χ2n) is 9.73. The number of carbonyl (C=O) groups excluding carboxylic acids is 1. The van der Waals surface area contributed by atoms with Gasteiger partial charge in [-0.2, -0.15) is 5.10 Å². The molecule has 1 aromatic carbocycles. The molecule has 0 radical (unpaired) electrons. The Morgan fingerprint density at radius 3 is 2.82 bits per heavy atom. The number of anilines is 1. The van der Waals surface area contributed by atoms with Gasteiger partial charge in [-0.05, 0) is 57.7 Å². The molecule has 0 atom stereocenters. The zero-order valence-electron chi connectivity index (χ0n) is 19.7. The van der Waals surface area contributed by atoms with E-state index in [0.29, 0.717) is 11.5 Å². The number of hydrogen-bond donors (Lipinski definition) is 1. The van der Waals surface area contributed by atoms with Crippen molar-refractivity contribution in [3.8, 4) is 11.4 Å². The van der Waals surface area contributed by atoms with Crippen LogP contribution >= 0.6 is 0 Å². The summed E-state index contributed by atoms with van der Waals surface area (Å²) in [5.74, 6) is 2.22. The minimum atomic E-state index is -0.144. The minimum absolute atomic E-state index is 0.144. The topological polar surface area (TPSA) is 90.5 Å². The molecule has 1 aliphatic heterocycles. The Balaban J connectivity index is 1.33. The lowest BCUT2D eigenvalue weighted by atomic mass is 10.1. The van der Waals surface area contributed by atoms with Crippen molar-refractivity contribution < 1.29 is 4.79 Å². The molecule has 2 aliphatic rings. The summed E-state index contributed by atoms with van der Waals surface area (Å²) in [5, 5.41) is 17.3. The van der Waals surface area contributed by atoms with Gasteiger partial charge in [0, 0.05) is 41.9 Å². The van der Waals surface area contributed by atoms with Crippen molar-refractivity contribution in [1.82, 2.24) is 29.5 Å². The van der Waals surface area contributed by atoms with E-state index in [0.717, 1.165) is 78.3 Å². The van der Waals surface area contributed by atoms with Crippen LogP contribution in [0.1, 0.15) is 79.8 Å². The van der Waals surface area contributed by atoms with Gasteiger partial charge in [0.1, 0.15) is 5.82 Å². The summed E-state index contributed by atoms with van der Waals surface area (Å²) in [4.78, 5) is 18.3. The average molecular weight is 456 g/mol. The number of nitrogens with one attached hydrogen (secondary N) is 1. The van der Waals surface area contributed by atoms with Crippen LogP contribution in [0.4, 0.5) is 5.69 Å². The molecule has 34 heavy (non-hydrogen) atoms. The molecule has 1 amide bonds. The Hall–Kier alpha value is -3.55. The molecule has 174 valence electrons. The fourth-order valence-electron chi connectivity index (χ4n) is 4.82. The summed E-state index contributed by atoms with van der Waals surface area (Å²) in [7, 11) is 0. The molecule has 1 saturated carbocycles. The first-order chi connectivity index (χ1) is 16.6. The molecule has 1 fully saturated rings. The zero-order chi connectivity index (χ0) is 23.2. The molecule has 1 N–H and O–H groups in total. The van der Waals surface area contributed by atoms with Crippen LogP contribution in [-0.4, -0.2) is 35.4 Å². The van der Waals surface area contributed by atoms with Gasteiger partial charge in [-0.1, -0.05) is 18.6 Å². The lowest BCUT2D eigenvalue weighted by Crippen LogP contribution is -2.14. The van der Waals surface area contributed by atoms with Gasteiger partial charge in [-0.3, -0.25) is 4.79 Å².